The van der Waals surface area contributed by atoms with Crippen LogP contribution in [-0.2, 0) is 14.9 Å². The van der Waals surface area contributed by atoms with Crippen molar-refractivity contribution in [3.63, 3.8) is 0 Å². The third-order valence-electron chi connectivity index (χ3n) is 3.23. The molecule has 1 saturated heterocycles. The molecule has 0 aliphatic carbocycles. The summed E-state index contributed by atoms with van der Waals surface area (Å²) in [6, 6.07) is 1.80. The van der Waals surface area contributed by atoms with Crippen LogP contribution >= 0.6 is 15.9 Å². The molecule has 106 valence electrons. The summed E-state index contributed by atoms with van der Waals surface area (Å²) in [6.45, 7) is 3.48. The maximum absolute atomic E-state index is 13.7. The number of aromatic nitrogens is 1. The molecule has 19 heavy (non-hydrogen) atoms. The summed E-state index contributed by atoms with van der Waals surface area (Å²) in [5.41, 5.74) is -0.222. The summed E-state index contributed by atoms with van der Waals surface area (Å²) < 4.78 is 30.9. The van der Waals surface area contributed by atoms with Crippen LogP contribution in [0.15, 0.2) is 16.7 Å². The Kier molecular flexibility index (Phi) is 4.13. The minimum Gasteiger partial charge on any atom is -0.481 e. The zero-order valence-corrected chi connectivity index (χ0v) is 12.8. The van der Waals surface area contributed by atoms with Gasteiger partial charge in [-0.25, -0.2) is 9.37 Å². The number of nitrogens with zero attached hydrogens (tertiary/aromatic N) is 1. The minimum atomic E-state index is -0.877. The lowest BCUT2D eigenvalue weighted by atomic mass is 9.83. The van der Waals surface area contributed by atoms with Gasteiger partial charge in [0.05, 0.1) is 25.7 Å². The van der Waals surface area contributed by atoms with Gasteiger partial charge in [0.25, 0.3) is 0 Å². The fourth-order valence-electron chi connectivity index (χ4n) is 1.98. The second-order valence-electron chi connectivity index (χ2n) is 5.10. The zero-order valence-electron chi connectivity index (χ0n) is 11.2. The molecule has 1 fully saturated rings. The first kappa shape index (κ1) is 14.7. The molecular formula is C13H17BrFNO3. The summed E-state index contributed by atoms with van der Waals surface area (Å²) in [5.74, 6) is -0.293. The van der Waals surface area contributed by atoms with E-state index in [2.05, 4.69) is 20.9 Å². The van der Waals surface area contributed by atoms with Gasteiger partial charge in [-0.05, 0) is 35.8 Å². The predicted octanol–water partition coefficient (Wildman–Crippen LogP) is 2.84. The summed E-state index contributed by atoms with van der Waals surface area (Å²) in [4.78, 5) is 4.15. The Hall–Kier alpha value is -0.720. The maximum atomic E-state index is 13.7. The van der Waals surface area contributed by atoms with Crippen molar-refractivity contribution >= 4 is 15.9 Å². The third-order valence-corrected chi connectivity index (χ3v) is 3.66. The Morgan fingerprint density at radius 3 is 2.58 bits per heavy atom. The van der Waals surface area contributed by atoms with E-state index in [1.54, 1.807) is 12.3 Å². The van der Waals surface area contributed by atoms with Crippen LogP contribution in [0.3, 0.4) is 0 Å². The first-order valence-electron chi connectivity index (χ1n) is 5.96. The average Bonchev–Trinajstić information content (AvgIpc) is 2.39. The van der Waals surface area contributed by atoms with E-state index in [-0.39, 0.29) is 13.2 Å². The van der Waals surface area contributed by atoms with Crippen molar-refractivity contribution in [1.29, 1.82) is 0 Å². The fourth-order valence-corrected chi connectivity index (χ4v) is 2.31. The van der Waals surface area contributed by atoms with Gasteiger partial charge in [-0.2, -0.15) is 0 Å². The molecule has 0 saturated carbocycles. The Morgan fingerprint density at radius 2 is 2.05 bits per heavy atom. The average molecular weight is 334 g/mol. The molecule has 4 nitrogen and oxygen atoms in total. The number of pyridine rings is 1. The van der Waals surface area contributed by atoms with Crippen LogP contribution in [-0.4, -0.2) is 37.8 Å². The molecule has 0 spiro atoms. The normalized spacial score (nSPS) is 21.1. The molecule has 2 rings (SSSR count). The molecule has 0 aromatic carbocycles. The van der Waals surface area contributed by atoms with Crippen LogP contribution in [0.2, 0.25) is 0 Å². The van der Waals surface area contributed by atoms with E-state index >= 15 is 0 Å². The van der Waals surface area contributed by atoms with E-state index in [0.29, 0.717) is 11.4 Å². The van der Waals surface area contributed by atoms with E-state index in [1.165, 1.54) is 7.11 Å². The van der Waals surface area contributed by atoms with Crippen LogP contribution in [0, 0.1) is 0 Å². The molecule has 1 aromatic rings. The van der Waals surface area contributed by atoms with Crippen molar-refractivity contribution in [3.05, 3.63) is 22.3 Å². The van der Waals surface area contributed by atoms with Gasteiger partial charge in [-0.3, -0.25) is 0 Å². The van der Waals surface area contributed by atoms with Crippen molar-refractivity contribution in [3.8, 4) is 5.88 Å². The van der Waals surface area contributed by atoms with Gasteiger partial charge in [0.15, 0.2) is 5.79 Å². The predicted molar refractivity (Wildman–Crippen MR) is 72.1 cm³/mol. The summed E-state index contributed by atoms with van der Waals surface area (Å²) in [7, 11) is 1.51. The Labute approximate surface area is 120 Å². The Balaban J connectivity index is 2.39. The zero-order chi connectivity index (χ0) is 14.1. The van der Waals surface area contributed by atoms with Crippen LogP contribution in [0.5, 0.6) is 5.88 Å². The second kappa shape index (κ2) is 5.34. The number of alkyl halides is 1. The molecule has 0 amide bonds. The molecule has 1 aromatic heterocycles. The van der Waals surface area contributed by atoms with E-state index in [0.717, 1.165) is 4.47 Å². The number of halogens is 2. The molecule has 0 bridgehead atoms. The third kappa shape index (κ3) is 2.90. The topological polar surface area (TPSA) is 40.6 Å². The standard InChI is InChI=1S/C13H17BrFNO3/c1-12(2)18-7-13(6-15,8-19-12)10-4-9(14)5-16-11(10)17-3/h4-5H,6-8H2,1-3H3. The number of hydrogen-bond acceptors (Lipinski definition) is 4. The van der Waals surface area contributed by atoms with E-state index < -0.39 is 17.9 Å². The molecule has 0 N–H and O–H groups in total. The molecule has 2 heterocycles. The lowest BCUT2D eigenvalue weighted by Gasteiger charge is -2.42. The minimum absolute atomic E-state index is 0.227. The highest BCUT2D eigenvalue weighted by molar-refractivity contribution is 9.10. The largest absolute Gasteiger partial charge is 0.481 e. The summed E-state index contributed by atoms with van der Waals surface area (Å²) in [5, 5.41) is 0. The first-order chi connectivity index (χ1) is 8.92. The quantitative estimate of drug-likeness (QED) is 0.852. The second-order valence-corrected chi connectivity index (χ2v) is 6.02. The van der Waals surface area contributed by atoms with Gasteiger partial charge < -0.3 is 14.2 Å². The Morgan fingerprint density at radius 1 is 1.42 bits per heavy atom. The van der Waals surface area contributed by atoms with Gasteiger partial charge in [-0.15, -0.1) is 0 Å². The lowest BCUT2D eigenvalue weighted by Crippen LogP contribution is -2.50. The monoisotopic (exact) mass is 333 g/mol. The van der Waals surface area contributed by atoms with E-state index in [4.69, 9.17) is 14.2 Å². The fraction of sp³-hybridized carbons (Fsp3) is 0.615. The molecule has 0 unspecified atom stereocenters. The first-order valence-corrected chi connectivity index (χ1v) is 6.76. The van der Waals surface area contributed by atoms with Crippen molar-refractivity contribution in [2.24, 2.45) is 0 Å². The van der Waals surface area contributed by atoms with Gasteiger partial charge in [0, 0.05) is 16.2 Å². The van der Waals surface area contributed by atoms with Gasteiger partial charge in [0.2, 0.25) is 5.88 Å². The van der Waals surface area contributed by atoms with Crippen molar-refractivity contribution < 1.29 is 18.6 Å². The highest BCUT2D eigenvalue weighted by Gasteiger charge is 2.44. The van der Waals surface area contributed by atoms with Crippen LogP contribution in [0.1, 0.15) is 19.4 Å². The van der Waals surface area contributed by atoms with Crippen LogP contribution < -0.4 is 4.74 Å². The summed E-state index contributed by atoms with van der Waals surface area (Å²) in [6.07, 6.45) is 1.61. The van der Waals surface area contributed by atoms with Crippen LogP contribution in [0.25, 0.3) is 0 Å². The number of methoxy groups -OCH3 is 1. The molecule has 0 radical (unpaired) electrons. The molecular weight excluding hydrogens is 317 g/mol. The highest BCUT2D eigenvalue weighted by Crippen LogP contribution is 2.38. The Bertz CT molecular complexity index is 457. The van der Waals surface area contributed by atoms with Crippen LogP contribution in [0.4, 0.5) is 4.39 Å². The van der Waals surface area contributed by atoms with Crippen molar-refractivity contribution in [2.45, 2.75) is 25.0 Å². The molecule has 0 atom stereocenters. The molecule has 6 heteroatoms. The lowest BCUT2D eigenvalue weighted by molar-refractivity contribution is -0.271. The summed E-state index contributed by atoms with van der Waals surface area (Å²) >= 11 is 3.35. The number of hydrogen-bond donors (Lipinski definition) is 0. The van der Waals surface area contributed by atoms with E-state index in [1.807, 2.05) is 13.8 Å². The number of ether oxygens (including phenoxy) is 3. The highest BCUT2D eigenvalue weighted by atomic mass is 79.9. The SMILES string of the molecule is COc1ncc(Br)cc1C1(CF)COC(C)(C)OC1. The van der Waals surface area contributed by atoms with E-state index in [9.17, 15) is 4.39 Å². The van der Waals surface area contributed by atoms with Gasteiger partial charge in [0.1, 0.15) is 6.67 Å². The molecule has 1 aliphatic heterocycles. The number of rotatable bonds is 3. The molecule has 1 aliphatic rings. The van der Waals surface area contributed by atoms with Gasteiger partial charge in [-0.1, -0.05) is 0 Å². The van der Waals surface area contributed by atoms with Gasteiger partial charge >= 0.3 is 0 Å². The smallest absolute Gasteiger partial charge is 0.217 e. The van der Waals surface area contributed by atoms with Crippen molar-refractivity contribution in [1.82, 2.24) is 4.98 Å². The van der Waals surface area contributed by atoms with Crippen molar-refractivity contribution in [2.75, 3.05) is 27.0 Å². The maximum Gasteiger partial charge on any atom is 0.217 e.